The number of para-hydroxylation sites is 3. The van der Waals surface area contributed by atoms with Gasteiger partial charge in [-0.05, 0) is 96.3 Å². The lowest BCUT2D eigenvalue weighted by molar-refractivity contribution is 0.814. The van der Waals surface area contributed by atoms with Gasteiger partial charge in [-0.15, -0.1) is 0 Å². The molecule has 0 fully saturated rings. The molecular formula is C49H38N4. The summed E-state index contributed by atoms with van der Waals surface area (Å²) in [6.45, 7) is 0. The molecule has 3 aliphatic carbocycles. The van der Waals surface area contributed by atoms with Crippen LogP contribution in [0.5, 0.6) is 0 Å². The topological polar surface area (TPSA) is 35.6 Å². The molecule has 10 rings (SSSR count). The number of hydrogen-bond acceptors (Lipinski definition) is 2. The SMILES string of the molecule is C1=CCc2c(n(-c3nc(-c4ccc(-c5cccc6c5C=CCC6)cc4)c4ccccc4n3)c3c(n(-c4ccccc4)c4ccccc24)CCC=C3)C=C1. The Kier molecular flexibility index (Phi) is 7.79. The van der Waals surface area contributed by atoms with Gasteiger partial charge in [-0.2, -0.15) is 0 Å². The molecule has 0 unspecified atom stereocenters. The van der Waals surface area contributed by atoms with Crippen molar-refractivity contribution in [2.75, 3.05) is 0 Å². The van der Waals surface area contributed by atoms with Crippen LogP contribution in [-0.2, 0) is 19.3 Å². The third-order valence-corrected chi connectivity index (χ3v) is 10.8. The predicted octanol–water partition coefficient (Wildman–Crippen LogP) is 11.9. The first-order chi connectivity index (χ1) is 26.3. The zero-order chi connectivity index (χ0) is 35.1. The number of aryl methyl sites for hydroxylation is 1. The summed E-state index contributed by atoms with van der Waals surface area (Å²) < 4.78 is 4.78. The lowest BCUT2D eigenvalue weighted by atomic mass is 9.89. The van der Waals surface area contributed by atoms with E-state index in [1.165, 1.54) is 44.4 Å². The molecule has 0 radical (unpaired) electrons. The van der Waals surface area contributed by atoms with E-state index in [0.717, 1.165) is 71.3 Å². The van der Waals surface area contributed by atoms with Gasteiger partial charge in [-0.25, -0.2) is 9.97 Å². The quantitative estimate of drug-likeness (QED) is 0.185. The Labute approximate surface area is 309 Å². The van der Waals surface area contributed by atoms with Crippen molar-refractivity contribution in [3.63, 3.8) is 0 Å². The Morgan fingerprint density at radius 3 is 2.21 bits per heavy atom. The van der Waals surface area contributed by atoms with E-state index in [1.807, 2.05) is 0 Å². The first-order valence-electron chi connectivity index (χ1n) is 18.7. The second-order valence-corrected chi connectivity index (χ2v) is 13.9. The van der Waals surface area contributed by atoms with Gasteiger partial charge in [0.15, 0.2) is 0 Å². The molecule has 0 spiro atoms. The molecule has 0 saturated carbocycles. The number of hydrogen-bond donors (Lipinski definition) is 0. The van der Waals surface area contributed by atoms with Gasteiger partial charge in [0, 0.05) is 27.7 Å². The minimum Gasteiger partial charge on any atom is -0.312 e. The molecule has 254 valence electrons. The molecule has 0 amide bonds. The molecule has 0 aliphatic heterocycles. The van der Waals surface area contributed by atoms with Crippen LogP contribution in [0, 0.1) is 0 Å². The summed E-state index contributed by atoms with van der Waals surface area (Å²) in [7, 11) is 0. The Hall–Kier alpha value is -6.52. The lowest BCUT2D eigenvalue weighted by Gasteiger charge is -2.26. The Morgan fingerprint density at radius 2 is 1.30 bits per heavy atom. The summed E-state index contributed by atoms with van der Waals surface area (Å²) in [6, 6.07) is 43.7. The number of rotatable bonds is 4. The number of nitrogens with zero attached hydrogens (tertiary/aromatic N) is 4. The molecule has 5 aromatic carbocycles. The van der Waals surface area contributed by atoms with E-state index >= 15 is 0 Å². The molecule has 3 aliphatic rings. The van der Waals surface area contributed by atoms with Crippen molar-refractivity contribution >= 4 is 40.0 Å². The van der Waals surface area contributed by atoms with E-state index in [9.17, 15) is 0 Å². The summed E-state index contributed by atoms with van der Waals surface area (Å²) in [5.74, 6) is 0.663. The second kappa shape index (κ2) is 13.2. The number of fused-ring (bicyclic) bond motifs is 6. The average Bonchev–Trinajstić information content (AvgIpc) is 3.47. The van der Waals surface area contributed by atoms with Gasteiger partial charge >= 0.3 is 0 Å². The van der Waals surface area contributed by atoms with E-state index in [1.54, 1.807) is 0 Å². The van der Waals surface area contributed by atoms with Crippen LogP contribution in [0.3, 0.4) is 0 Å². The van der Waals surface area contributed by atoms with Crippen molar-refractivity contribution in [3.05, 3.63) is 185 Å². The van der Waals surface area contributed by atoms with Crippen LogP contribution in [0.1, 0.15) is 46.6 Å². The van der Waals surface area contributed by atoms with E-state index in [-0.39, 0.29) is 0 Å². The van der Waals surface area contributed by atoms with Crippen molar-refractivity contribution < 1.29 is 0 Å². The van der Waals surface area contributed by atoms with Crippen molar-refractivity contribution in [2.24, 2.45) is 0 Å². The summed E-state index contributed by atoms with van der Waals surface area (Å²) in [5, 5.41) is 2.25. The average molecular weight is 683 g/mol. The largest absolute Gasteiger partial charge is 0.312 e. The Balaban J connectivity index is 1.26. The number of aromatic nitrogens is 4. The smallest absolute Gasteiger partial charge is 0.235 e. The zero-order valence-corrected chi connectivity index (χ0v) is 29.5. The fourth-order valence-corrected chi connectivity index (χ4v) is 8.34. The molecule has 2 heterocycles. The molecule has 53 heavy (non-hydrogen) atoms. The number of allylic oxidation sites excluding steroid dienone is 5. The number of benzene rings is 5. The molecule has 0 bridgehead atoms. The first kappa shape index (κ1) is 31.2. The minimum atomic E-state index is 0.663. The molecule has 0 atom stereocenters. The van der Waals surface area contributed by atoms with E-state index in [0.29, 0.717) is 5.95 Å². The summed E-state index contributed by atoms with van der Waals surface area (Å²) in [6.07, 6.45) is 22.8. The van der Waals surface area contributed by atoms with Crippen molar-refractivity contribution in [1.82, 2.24) is 19.1 Å². The van der Waals surface area contributed by atoms with Gasteiger partial charge in [0.2, 0.25) is 5.95 Å². The molecule has 2 aromatic heterocycles. The zero-order valence-electron chi connectivity index (χ0n) is 29.5. The van der Waals surface area contributed by atoms with Gasteiger partial charge in [0.05, 0.1) is 28.1 Å². The first-order valence-corrected chi connectivity index (χ1v) is 18.7. The Morgan fingerprint density at radius 1 is 0.528 bits per heavy atom. The summed E-state index contributed by atoms with van der Waals surface area (Å²) in [4.78, 5) is 10.9. The van der Waals surface area contributed by atoms with Gasteiger partial charge in [0.25, 0.3) is 0 Å². The maximum Gasteiger partial charge on any atom is 0.235 e. The molecular weight excluding hydrogens is 645 g/mol. The summed E-state index contributed by atoms with van der Waals surface area (Å²) >= 11 is 0. The van der Waals surface area contributed by atoms with Crippen molar-refractivity contribution in [3.8, 4) is 34.0 Å². The van der Waals surface area contributed by atoms with Crippen LogP contribution in [-0.4, -0.2) is 19.1 Å². The molecule has 7 aromatic rings. The molecule has 0 N–H and O–H groups in total. The van der Waals surface area contributed by atoms with Gasteiger partial charge in [0.1, 0.15) is 0 Å². The molecule has 0 saturated heterocycles. The van der Waals surface area contributed by atoms with E-state index in [4.69, 9.17) is 9.97 Å². The van der Waals surface area contributed by atoms with Crippen LogP contribution in [0.4, 0.5) is 0 Å². The summed E-state index contributed by atoms with van der Waals surface area (Å²) in [5.41, 5.74) is 15.1. The predicted molar refractivity (Wildman–Crippen MR) is 221 cm³/mol. The highest BCUT2D eigenvalue weighted by atomic mass is 15.2. The highest BCUT2D eigenvalue weighted by molar-refractivity contribution is 5.94. The third kappa shape index (κ3) is 5.46. The molecule has 4 nitrogen and oxygen atoms in total. The Bertz CT molecular complexity index is 2730. The maximum atomic E-state index is 5.53. The van der Waals surface area contributed by atoms with Crippen molar-refractivity contribution in [2.45, 2.75) is 32.1 Å². The fraction of sp³-hybridized carbons (Fsp3) is 0.102. The van der Waals surface area contributed by atoms with Crippen LogP contribution in [0.15, 0.2) is 152 Å². The monoisotopic (exact) mass is 682 g/mol. The van der Waals surface area contributed by atoms with Gasteiger partial charge < -0.3 is 4.57 Å². The van der Waals surface area contributed by atoms with Gasteiger partial charge in [-0.1, -0.05) is 134 Å². The van der Waals surface area contributed by atoms with Crippen LogP contribution < -0.4 is 0 Å². The molecule has 4 heteroatoms. The van der Waals surface area contributed by atoms with Crippen LogP contribution in [0.2, 0.25) is 0 Å². The normalized spacial score (nSPS) is 14.1. The van der Waals surface area contributed by atoms with E-state index < -0.39 is 0 Å². The second-order valence-electron chi connectivity index (χ2n) is 13.9. The minimum absolute atomic E-state index is 0.663. The maximum absolute atomic E-state index is 5.53. The van der Waals surface area contributed by atoms with Crippen molar-refractivity contribution in [1.29, 1.82) is 0 Å². The van der Waals surface area contributed by atoms with E-state index in [2.05, 4.69) is 179 Å². The van der Waals surface area contributed by atoms with Gasteiger partial charge in [-0.3, -0.25) is 4.57 Å². The third-order valence-electron chi connectivity index (χ3n) is 10.8. The lowest BCUT2D eigenvalue weighted by Crippen LogP contribution is -2.18. The standard InChI is InChI=1S/C49H38N4/c1-3-18-37(19-4-1)52-44-27-12-10-22-40(44)41-21-5-2-6-26-45(41)53(47-29-14-13-28-46(47)52)49-50-43-25-11-9-23-42(43)48(51-49)36-32-30-35(31-33-36)39-24-15-17-34-16-7-8-20-38(34)39/h1-6,8-12,14-15,17-20,22-27,29-33H,7,13,16,21,28H2. The highest BCUT2D eigenvalue weighted by Gasteiger charge is 2.23. The van der Waals surface area contributed by atoms with Crippen LogP contribution in [0.25, 0.3) is 74.1 Å². The highest BCUT2D eigenvalue weighted by Crippen LogP contribution is 2.36. The van der Waals surface area contributed by atoms with Crippen LogP contribution >= 0.6 is 0 Å². The fourth-order valence-electron chi connectivity index (χ4n) is 8.34.